The Kier molecular flexibility index (Phi) is 3.72. The highest BCUT2D eigenvalue weighted by molar-refractivity contribution is 5.32. The minimum atomic E-state index is -0.104. The van der Waals surface area contributed by atoms with Crippen molar-refractivity contribution in [3.63, 3.8) is 0 Å². The van der Waals surface area contributed by atoms with Crippen LogP contribution < -0.4 is 5.32 Å². The molecule has 1 aliphatic rings. The molecular formula is C12H19N3O. The van der Waals surface area contributed by atoms with E-state index in [0.29, 0.717) is 5.92 Å². The van der Waals surface area contributed by atoms with E-state index in [1.165, 1.54) is 6.42 Å². The predicted molar refractivity (Wildman–Crippen MR) is 63.2 cm³/mol. The molecule has 1 aromatic rings. The van der Waals surface area contributed by atoms with Gasteiger partial charge in [0.1, 0.15) is 11.6 Å². The number of aliphatic hydroxyl groups excluding tert-OH is 1. The third-order valence-corrected chi connectivity index (χ3v) is 3.10. The molecule has 1 aliphatic carbocycles. The van der Waals surface area contributed by atoms with E-state index < -0.39 is 0 Å². The van der Waals surface area contributed by atoms with Gasteiger partial charge >= 0.3 is 0 Å². The molecule has 0 saturated heterocycles. The molecule has 4 heteroatoms. The third kappa shape index (κ3) is 3.17. The standard InChI is InChI=1S/C12H19N3O/c1-9-13-6-5-12(15-9)14-8-10-3-2-4-11(16)7-10/h5-6,10-11,16H,2-4,7-8H2,1H3,(H,13,14,15). The molecule has 2 N–H and O–H groups in total. The molecule has 0 radical (unpaired) electrons. The lowest BCUT2D eigenvalue weighted by Crippen LogP contribution is -2.25. The van der Waals surface area contributed by atoms with Crippen molar-refractivity contribution in [2.45, 2.75) is 38.7 Å². The van der Waals surface area contributed by atoms with Gasteiger partial charge in [0.2, 0.25) is 0 Å². The van der Waals surface area contributed by atoms with E-state index in [1.54, 1.807) is 6.20 Å². The molecule has 1 fully saturated rings. The van der Waals surface area contributed by atoms with Gasteiger partial charge in [0.15, 0.2) is 0 Å². The van der Waals surface area contributed by atoms with Gasteiger partial charge < -0.3 is 10.4 Å². The normalized spacial score (nSPS) is 25.4. The second-order valence-electron chi connectivity index (χ2n) is 4.56. The van der Waals surface area contributed by atoms with Crippen molar-refractivity contribution in [1.82, 2.24) is 9.97 Å². The second kappa shape index (κ2) is 5.25. The van der Waals surface area contributed by atoms with Crippen LogP contribution in [0.4, 0.5) is 5.82 Å². The number of nitrogens with zero attached hydrogens (tertiary/aromatic N) is 2. The number of aliphatic hydroxyl groups is 1. The Balaban J connectivity index is 1.82. The van der Waals surface area contributed by atoms with Gasteiger partial charge in [0, 0.05) is 12.7 Å². The van der Waals surface area contributed by atoms with Gasteiger partial charge in [-0.25, -0.2) is 9.97 Å². The van der Waals surface area contributed by atoms with Crippen LogP contribution >= 0.6 is 0 Å². The average molecular weight is 221 g/mol. The zero-order chi connectivity index (χ0) is 11.4. The summed E-state index contributed by atoms with van der Waals surface area (Å²) in [6.07, 6.45) is 5.87. The molecule has 2 rings (SSSR count). The zero-order valence-corrected chi connectivity index (χ0v) is 9.69. The van der Waals surface area contributed by atoms with Crippen LogP contribution in [-0.2, 0) is 0 Å². The fourth-order valence-electron chi connectivity index (χ4n) is 2.25. The predicted octanol–water partition coefficient (Wildman–Crippen LogP) is 1.75. The first-order valence-corrected chi connectivity index (χ1v) is 5.95. The molecule has 0 amide bonds. The lowest BCUT2D eigenvalue weighted by atomic mass is 9.87. The van der Waals surface area contributed by atoms with Gasteiger partial charge in [0.05, 0.1) is 6.10 Å². The minimum Gasteiger partial charge on any atom is -0.393 e. The van der Waals surface area contributed by atoms with Crippen LogP contribution in [0.1, 0.15) is 31.5 Å². The van der Waals surface area contributed by atoms with E-state index >= 15 is 0 Å². The van der Waals surface area contributed by atoms with Gasteiger partial charge in [-0.15, -0.1) is 0 Å². The summed E-state index contributed by atoms with van der Waals surface area (Å²) in [7, 11) is 0. The minimum absolute atomic E-state index is 0.104. The molecule has 1 aromatic heterocycles. The van der Waals surface area contributed by atoms with Crippen molar-refractivity contribution in [1.29, 1.82) is 0 Å². The number of anilines is 1. The fraction of sp³-hybridized carbons (Fsp3) is 0.667. The number of hydrogen-bond donors (Lipinski definition) is 2. The molecular weight excluding hydrogens is 202 g/mol. The molecule has 16 heavy (non-hydrogen) atoms. The quantitative estimate of drug-likeness (QED) is 0.816. The van der Waals surface area contributed by atoms with Crippen LogP contribution in [-0.4, -0.2) is 27.7 Å². The van der Waals surface area contributed by atoms with Crippen LogP contribution in [0.25, 0.3) is 0 Å². The Labute approximate surface area is 96.1 Å². The number of aromatic nitrogens is 2. The lowest BCUT2D eigenvalue weighted by Gasteiger charge is -2.26. The first kappa shape index (κ1) is 11.3. The number of nitrogens with one attached hydrogen (secondary N) is 1. The average Bonchev–Trinajstić information content (AvgIpc) is 2.27. The Morgan fingerprint density at radius 3 is 3.12 bits per heavy atom. The highest BCUT2D eigenvalue weighted by Gasteiger charge is 2.19. The summed E-state index contributed by atoms with van der Waals surface area (Å²) in [5.74, 6) is 2.24. The summed E-state index contributed by atoms with van der Waals surface area (Å²) in [6.45, 7) is 2.78. The first-order valence-electron chi connectivity index (χ1n) is 5.95. The number of aryl methyl sites for hydroxylation is 1. The molecule has 0 spiro atoms. The fourth-order valence-corrected chi connectivity index (χ4v) is 2.25. The summed E-state index contributed by atoms with van der Waals surface area (Å²) in [6, 6.07) is 1.88. The van der Waals surface area contributed by atoms with Gasteiger partial charge in [0.25, 0.3) is 0 Å². The van der Waals surface area contributed by atoms with Gasteiger partial charge in [-0.05, 0) is 38.2 Å². The van der Waals surface area contributed by atoms with Gasteiger partial charge in [-0.3, -0.25) is 0 Å². The molecule has 0 bridgehead atoms. The molecule has 2 unspecified atom stereocenters. The monoisotopic (exact) mass is 221 g/mol. The zero-order valence-electron chi connectivity index (χ0n) is 9.69. The topological polar surface area (TPSA) is 58.0 Å². The van der Waals surface area contributed by atoms with Crippen molar-refractivity contribution in [2.75, 3.05) is 11.9 Å². The highest BCUT2D eigenvalue weighted by atomic mass is 16.3. The number of rotatable bonds is 3. The van der Waals surface area contributed by atoms with Crippen LogP contribution in [0.15, 0.2) is 12.3 Å². The lowest BCUT2D eigenvalue weighted by molar-refractivity contribution is 0.104. The Morgan fingerprint density at radius 2 is 2.38 bits per heavy atom. The van der Waals surface area contributed by atoms with E-state index in [-0.39, 0.29) is 6.10 Å². The van der Waals surface area contributed by atoms with E-state index in [1.807, 2.05) is 13.0 Å². The van der Waals surface area contributed by atoms with Crippen LogP contribution in [0.5, 0.6) is 0 Å². The second-order valence-corrected chi connectivity index (χ2v) is 4.56. The Hall–Kier alpha value is -1.16. The summed E-state index contributed by atoms with van der Waals surface area (Å²) in [5, 5.41) is 12.9. The van der Waals surface area contributed by atoms with Crippen molar-refractivity contribution in [3.05, 3.63) is 18.1 Å². The van der Waals surface area contributed by atoms with E-state index in [9.17, 15) is 5.11 Å². The molecule has 0 aliphatic heterocycles. The first-order chi connectivity index (χ1) is 7.74. The molecule has 88 valence electrons. The van der Waals surface area contributed by atoms with Gasteiger partial charge in [-0.1, -0.05) is 6.42 Å². The number of hydrogen-bond acceptors (Lipinski definition) is 4. The van der Waals surface area contributed by atoms with Gasteiger partial charge in [-0.2, -0.15) is 0 Å². The van der Waals surface area contributed by atoms with Crippen molar-refractivity contribution in [3.8, 4) is 0 Å². The maximum absolute atomic E-state index is 9.57. The SMILES string of the molecule is Cc1nccc(NCC2CCCC(O)C2)n1. The van der Waals surface area contributed by atoms with Crippen molar-refractivity contribution < 1.29 is 5.11 Å². The van der Waals surface area contributed by atoms with E-state index in [4.69, 9.17) is 0 Å². The molecule has 1 saturated carbocycles. The highest BCUT2D eigenvalue weighted by Crippen LogP contribution is 2.24. The third-order valence-electron chi connectivity index (χ3n) is 3.10. The smallest absolute Gasteiger partial charge is 0.129 e. The van der Waals surface area contributed by atoms with Crippen LogP contribution in [0, 0.1) is 12.8 Å². The molecule has 2 atom stereocenters. The van der Waals surface area contributed by atoms with Crippen molar-refractivity contribution in [2.24, 2.45) is 5.92 Å². The maximum Gasteiger partial charge on any atom is 0.129 e. The summed E-state index contributed by atoms with van der Waals surface area (Å²) >= 11 is 0. The van der Waals surface area contributed by atoms with Crippen LogP contribution in [0.2, 0.25) is 0 Å². The van der Waals surface area contributed by atoms with E-state index in [2.05, 4.69) is 15.3 Å². The largest absolute Gasteiger partial charge is 0.393 e. The summed E-state index contributed by atoms with van der Waals surface area (Å²) < 4.78 is 0. The molecule has 1 heterocycles. The van der Waals surface area contributed by atoms with E-state index in [0.717, 1.165) is 37.4 Å². The maximum atomic E-state index is 9.57. The molecule has 4 nitrogen and oxygen atoms in total. The molecule has 0 aromatic carbocycles. The van der Waals surface area contributed by atoms with Crippen molar-refractivity contribution >= 4 is 5.82 Å². The Morgan fingerprint density at radius 1 is 1.50 bits per heavy atom. The summed E-state index contributed by atoms with van der Waals surface area (Å²) in [4.78, 5) is 8.35. The van der Waals surface area contributed by atoms with Crippen LogP contribution in [0.3, 0.4) is 0 Å². The summed E-state index contributed by atoms with van der Waals surface area (Å²) in [5.41, 5.74) is 0. The Bertz CT molecular complexity index is 343.